The molecule has 2 N–H and O–H groups in total. The van der Waals surface area contributed by atoms with Gasteiger partial charge in [-0.3, -0.25) is 14.5 Å². The van der Waals surface area contributed by atoms with Gasteiger partial charge in [-0.15, -0.1) is 0 Å². The Bertz CT molecular complexity index is 796. The number of hydrogen-bond acceptors (Lipinski definition) is 4. The lowest BCUT2D eigenvalue weighted by Crippen LogP contribution is -2.38. The van der Waals surface area contributed by atoms with Crippen molar-refractivity contribution < 1.29 is 9.59 Å². The molecule has 0 spiro atoms. The maximum atomic E-state index is 12.2. The Hall–Kier alpha value is -2.18. The zero-order chi connectivity index (χ0) is 20.6. The van der Waals surface area contributed by atoms with Crippen LogP contribution in [0.4, 0.5) is 0 Å². The third kappa shape index (κ3) is 6.68. The van der Waals surface area contributed by atoms with Gasteiger partial charge in [-0.05, 0) is 40.8 Å². The molecule has 1 fully saturated rings. The lowest BCUT2D eigenvalue weighted by Gasteiger charge is -2.35. The minimum absolute atomic E-state index is 0.0503. The van der Waals surface area contributed by atoms with Gasteiger partial charge in [-0.25, -0.2) is 0 Å². The number of amides is 2. The third-order valence-corrected chi connectivity index (χ3v) is 6.04. The smallest absolute Gasteiger partial charge is 0.252 e. The maximum Gasteiger partial charge on any atom is 0.252 e. The van der Waals surface area contributed by atoms with Gasteiger partial charge >= 0.3 is 0 Å². The van der Waals surface area contributed by atoms with Gasteiger partial charge in [0.2, 0.25) is 5.91 Å². The molecule has 0 unspecified atom stereocenters. The lowest BCUT2D eigenvalue weighted by atomic mass is 9.91. The first-order valence-electron chi connectivity index (χ1n) is 10.4. The molecule has 29 heavy (non-hydrogen) atoms. The van der Waals surface area contributed by atoms with Gasteiger partial charge in [0, 0.05) is 50.1 Å². The highest BCUT2D eigenvalue weighted by Crippen LogP contribution is 2.23. The van der Waals surface area contributed by atoms with Gasteiger partial charge in [-0.2, -0.15) is 11.3 Å². The highest BCUT2D eigenvalue weighted by atomic mass is 32.1. The summed E-state index contributed by atoms with van der Waals surface area (Å²) in [5.41, 5.74) is 3.08. The molecule has 1 saturated heterocycles. The molecule has 1 aliphatic heterocycles. The number of benzene rings is 1. The van der Waals surface area contributed by atoms with Gasteiger partial charge in [0.05, 0.1) is 0 Å². The molecule has 156 valence electrons. The zero-order valence-electron chi connectivity index (χ0n) is 17.3. The van der Waals surface area contributed by atoms with Crippen molar-refractivity contribution >= 4 is 23.2 Å². The van der Waals surface area contributed by atoms with Crippen LogP contribution in [-0.2, 0) is 17.9 Å². The van der Waals surface area contributed by atoms with E-state index in [0.29, 0.717) is 18.7 Å². The summed E-state index contributed by atoms with van der Waals surface area (Å²) in [5.74, 6) is 1.28. The van der Waals surface area contributed by atoms with E-state index in [-0.39, 0.29) is 18.2 Å². The van der Waals surface area contributed by atoms with Crippen LogP contribution in [0.2, 0.25) is 0 Å². The average Bonchev–Trinajstić information content (AvgIpc) is 3.21. The van der Waals surface area contributed by atoms with Crippen LogP contribution < -0.4 is 10.6 Å². The highest BCUT2D eigenvalue weighted by Gasteiger charge is 2.22. The largest absolute Gasteiger partial charge is 0.352 e. The fourth-order valence-corrected chi connectivity index (χ4v) is 4.75. The van der Waals surface area contributed by atoms with Gasteiger partial charge in [0.25, 0.3) is 5.91 Å². The minimum Gasteiger partial charge on any atom is -0.352 e. The topological polar surface area (TPSA) is 61.4 Å². The van der Waals surface area contributed by atoms with Crippen LogP contribution in [0, 0.1) is 11.8 Å². The molecule has 1 aliphatic rings. The van der Waals surface area contributed by atoms with Crippen molar-refractivity contribution in [3.63, 3.8) is 0 Å². The molecule has 5 nitrogen and oxygen atoms in total. The summed E-state index contributed by atoms with van der Waals surface area (Å²) in [6.07, 6.45) is 1.58. The van der Waals surface area contributed by atoms with Crippen molar-refractivity contribution in [2.45, 2.75) is 39.8 Å². The van der Waals surface area contributed by atoms with E-state index >= 15 is 0 Å². The molecule has 3 rings (SSSR count). The molecule has 2 amide bonds. The first-order valence-corrected chi connectivity index (χ1v) is 11.3. The Kier molecular flexibility index (Phi) is 7.83. The van der Waals surface area contributed by atoms with E-state index in [1.54, 1.807) is 11.4 Å². The lowest BCUT2D eigenvalue weighted by molar-refractivity contribution is -0.121. The fourth-order valence-electron chi connectivity index (χ4n) is 4.11. The number of carbonyl (C=O) groups excluding carboxylic acids is 2. The molecule has 2 atom stereocenters. The molecule has 0 radical (unpaired) electrons. The molecule has 0 aliphatic carbocycles. The Morgan fingerprint density at radius 1 is 1.07 bits per heavy atom. The van der Waals surface area contributed by atoms with E-state index in [1.165, 1.54) is 23.3 Å². The minimum atomic E-state index is -0.130. The number of rotatable bonds is 8. The maximum absolute atomic E-state index is 12.2. The van der Waals surface area contributed by atoms with E-state index in [9.17, 15) is 9.59 Å². The second-order valence-electron chi connectivity index (χ2n) is 8.20. The first kappa shape index (κ1) is 21.5. The van der Waals surface area contributed by atoms with Crippen molar-refractivity contribution in [3.8, 4) is 0 Å². The van der Waals surface area contributed by atoms with Crippen LogP contribution in [-0.4, -0.2) is 36.3 Å². The van der Waals surface area contributed by atoms with Crippen molar-refractivity contribution in [1.29, 1.82) is 0 Å². The van der Waals surface area contributed by atoms with Crippen molar-refractivity contribution in [1.82, 2.24) is 15.5 Å². The summed E-state index contributed by atoms with van der Waals surface area (Å²) in [6, 6.07) is 10.1. The normalized spacial score (nSPS) is 19.7. The zero-order valence-corrected chi connectivity index (χ0v) is 18.1. The van der Waals surface area contributed by atoms with Crippen LogP contribution in [0.3, 0.4) is 0 Å². The van der Waals surface area contributed by atoms with E-state index in [4.69, 9.17) is 0 Å². The summed E-state index contributed by atoms with van der Waals surface area (Å²) in [6.45, 7) is 8.71. The molecule has 1 aromatic carbocycles. The molecule has 2 aromatic rings. The summed E-state index contributed by atoms with van der Waals surface area (Å²) >= 11 is 1.48. The molecule has 0 bridgehead atoms. The third-order valence-electron chi connectivity index (χ3n) is 5.35. The molecule has 1 aromatic heterocycles. The van der Waals surface area contributed by atoms with E-state index in [1.807, 2.05) is 11.4 Å². The van der Waals surface area contributed by atoms with Gasteiger partial charge in [-0.1, -0.05) is 38.1 Å². The summed E-state index contributed by atoms with van der Waals surface area (Å²) in [5, 5.41) is 9.45. The van der Waals surface area contributed by atoms with Gasteiger partial charge in [0.1, 0.15) is 0 Å². The van der Waals surface area contributed by atoms with Gasteiger partial charge in [0.15, 0.2) is 0 Å². The molecule has 0 saturated carbocycles. The fraction of sp³-hybridized carbons (Fsp3) is 0.478. The number of likely N-dealkylation sites (tertiary alicyclic amines) is 1. The number of thiophene rings is 1. The Morgan fingerprint density at radius 3 is 2.48 bits per heavy atom. The molecular weight excluding hydrogens is 382 g/mol. The second kappa shape index (κ2) is 10.6. The van der Waals surface area contributed by atoms with Crippen molar-refractivity contribution in [2.24, 2.45) is 11.8 Å². The Labute approximate surface area is 177 Å². The summed E-state index contributed by atoms with van der Waals surface area (Å²) < 4.78 is 0. The predicted molar refractivity (Wildman–Crippen MR) is 118 cm³/mol. The number of piperidine rings is 1. The van der Waals surface area contributed by atoms with E-state index in [2.05, 4.69) is 47.6 Å². The van der Waals surface area contributed by atoms with Crippen LogP contribution >= 0.6 is 11.3 Å². The predicted octanol–water partition coefficient (Wildman–Crippen LogP) is 3.66. The highest BCUT2D eigenvalue weighted by molar-refractivity contribution is 7.08. The van der Waals surface area contributed by atoms with E-state index < -0.39 is 0 Å². The summed E-state index contributed by atoms with van der Waals surface area (Å²) in [4.78, 5) is 26.6. The quantitative estimate of drug-likeness (QED) is 0.694. The number of nitrogens with zero attached hydrogens (tertiary/aromatic N) is 1. The second-order valence-corrected chi connectivity index (χ2v) is 8.98. The van der Waals surface area contributed by atoms with Crippen molar-refractivity contribution in [3.05, 3.63) is 57.8 Å². The first-order chi connectivity index (χ1) is 14.0. The Morgan fingerprint density at radius 2 is 1.79 bits per heavy atom. The molecule has 6 heteroatoms. The molecule has 2 heterocycles. The van der Waals surface area contributed by atoms with Crippen LogP contribution in [0.1, 0.15) is 48.2 Å². The monoisotopic (exact) mass is 413 g/mol. The standard InChI is InChI=1S/C23H31N3O2S/c1-17-11-18(2)14-26(13-17)15-20-6-4-3-5-19(20)12-25-22(27)7-9-24-23(28)21-8-10-29-16-21/h3-6,8,10,16-18H,7,9,11-15H2,1-2H3,(H,24,28)(H,25,27)/t17-,18-/m0/s1. The molecular formula is C23H31N3O2S. The summed E-state index contributed by atoms with van der Waals surface area (Å²) in [7, 11) is 0. The Balaban J connectivity index is 1.45. The number of hydrogen-bond donors (Lipinski definition) is 2. The number of carbonyl (C=O) groups is 2. The average molecular weight is 414 g/mol. The SMILES string of the molecule is C[C@H]1C[C@H](C)CN(Cc2ccccc2CNC(=O)CCNC(=O)c2ccsc2)C1. The van der Waals surface area contributed by atoms with Crippen LogP contribution in [0.25, 0.3) is 0 Å². The van der Waals surface area contributed by atoms with E-state index in [0.717, 1.165) is 37.0 Å². The van der Waals surface area contributed by atoms with Crippen LogP contribution in [0.15, 0.2) is 41.1 Å². The van der Waals surface area contributed by atoms with Crippen molar-refractivity contribution in [2.75, 3.05) is 19.6 Å². The van der Waals surface area contributed by atoms with Crippen LogP contribution in [0.5, 0.6) is 0 Å². The van der Waals surface area contributed by atoms with Gasteiger partial charge < -0.3 is 10.6 Å². The number of nitrogens with one attached hydrogen (secondary N) is 2.